The van der Waals surface area contributed by atoms with Crippen molar-refractivity contribution < 1.29 is 29.1 Å². The molecule has 5 unspecified atom stereocenters. The van der Waals surface area contributed by atoms with Gasteiger partial charge in [0.2, 0.25) is 23.6 Å². The summed E-state index contributed by atoms with van der Waals surface area (Å²) in [7, 11) is 0. The highest BCUT2D eigenvalue weighted by molar-refractivity contribution is 7.80. The fraction of sp³-hybridized carbons (Fsp3) is 0.600. The number of carbonyl (C=O) groups is 5. The van der Waals surface area contributed by atoms with Gasteiger partial charge in [-0.3, -0.25) is 19.2 Å². The van der Waals surface area contributed by atoms with Crippen LogP contribution in [0.15, 0.2) is 12.5 Å². The molecule has 0 bridgehead atoms. The number of H-pyrrole nitrogens is 1. The van der Waals surface area contributed by atoms with Gasteiger partial charge in [0.25, 0.3) is 0 Å². The fourth-order valence-corrected chi connectivity index (χ4v) is 3.19. The van der Waals surface area contributed by atoms with Crippen molar-refractivity contribution in [2.75, 3.05) is 5.75 Å². The normalized spacial score (nSPS) is 15.3. The van der Waals surface area contributed by atoms with Gasteiger partial charge in [0.1, 0.15) is 18.1 Å². The van der Waals surface area contributed by atoms with E-state index in [0.29, 0.717) is 12.1 Å². The number of imidazole rings is 1. The Morgan fingerprint density at radius 2 is 1.74 bits per heavy atom. The Labute approximate surface area is 202 Å². The highest BCUT2D eigenvalue weighted by Crippen LogP contribution is 2.09. The summed E-state index contributed by atoms with van der Waals surface area (Å²) in [5.74, 6) is -4.39. The first-order chi connectivity index (χ1) is 16.0. The molecule has 9 N–H and O–H groups in total. The van der Waals surface area contributed by atoms with Crippen molar-refractivity contribution >= 4 is 42.2 Å². The molecule has 1 rings (SSSR count). The van der Waals surface area contributed by atoms with Crippen LogP contribution < -0.4 is 27.4 Å². The minimum atomic E-state index is -1.19. The van der Waals surface area contributed by atoms with Gasteiger partial charge < -0.3 is 37.5 Å². The molecule has 0 aromatic carbocycles. The summed E-state index contributed by atoms with van der Waals surface area (Å²) < 4.78 is 0. The quantitative estimate of drug-likeness (QED) is 0.126. The van der Waals surface area contributed by atoms with Gasteiger partial charge in [0, 0.05) is 30.5 Å². The van der Waals surface area contributed by atoms with Crippen LogP contribution in [0.3, 0.4) is 0 Å². The maximum absolute atomic E-state index is 13.0. The molecule has 0 aliphatic heterocycles. The fourth-order valence-electron chi connectivity index (χ4n) is 2.94. The average molecular weight is 500 g/mol. The first-order valence-electron chi connectivity index (χ1n) is 10.8. The number of rotatable bonds is 15. The molecule has 1 aromatic heterocycles. The topological polar surface area (TPSA) is 222 Å². The Hall–Kier alpha value is -3.13. The number of carbonyl (C=O) groups excluding carboxylic acids is 4. The van der Waals surface area contributed by atoms with E-state index in [2.05, 4.69) is 38.5 Å². The monoisotopic (exact) mass is 499 g/mol. The summed E-state index contributed by atoms with van der Waals surface area (Å²) in [4.78, 5) is 67.2. The maximum Gasteiger partial charge on any atom is 0.326 e. The summed E-state index contributed by atoms with van der Waals surface area (Å²) in [6.07, 6.45) is 3.28. The van der Waals surface area contributed by atoms with Crippen LogP contribution in [0.4, 0.5) is 0 Å². The van der Waals surface area contributed by atoms with Gasteiger partial charge in [-0.15, -0.1) is 0 Å². The molecule has 0 saturated carbocycles. The van der Waals surface area contributed by atoms with Crippen LogP contribution in [-0.4, -0.2) is 74.6 Å². The molecule has 0 aliphatic carbocycles. The third-order valence-corrected chi connectivity index (χ3v) is 5.61. The Morgan fingerprint density at radius 3 is 2.24 bits per heavy atom. The van der Waals surface area contributed by atoms with E-state index in [9.17, 15) is 29.1 Å². The van der Waals surface area contributed by atoms with Crippen LogP contribution >= 0.6 is 12.6 Å². The largest absolute Gasteiger partial charge is 0.480 e. The van der Waals surface area contributed by atoms with E-state index in [1.54, 1.807) is 13.8 Å². The van der Waals surface area contributed by atoms with Gasteiger partial charge in [-0.25, -0.2) is 9.78 Å². The molecule has 34 heavy (non-hydrogen) atoms. The highest BCUT2D eigenvalue weighted by Gasteiger charge is 2.31. The second-order valence-corrected chi connectivity index (χ2v) is 8.27. The maximum atomic E-state index is 13.0. The number of aliphatic carboxylic acids is 1. The van der Waals surface area contributed by atoms with Gasteiger partial charge >= 0.3 is 5.97 Å². The number of carboxylic acid groups (broad SMARTS) is 1. The number of carboxylic acids is 1. The molecule has 0 saturated heterocycles. The van der Waals surface area contributed by atoms with Crippen molar-refractivity contribution in [1.29, 1.82) is 0 Å². The van der Waals surface area contributed by atoms with E-state index < -0.39 is 53.8 Å². The van der Waals surface area contributed by atoms with Crippen molar-refractivity contribution in [3.63, 3.8) is 0 Å². The second-order valence-electron chi connectivity index (χ2n) is 7.91. The molecule has 0 radical (unpaired) electrons. The Kier molecular flexibility index (Phi) is 12.1. The number of primary amides is 1. The van der Waals surface area contributed by atoms with Gasteiger partial charge in [-0.1, -0.05) is 20.3 Å². The van der Waals surface area contributed by atoms with Crippen LogP contribution in [0.5, 0.6) is 0 Å². The van der Waals surface area contributed by atoms with E-state index in [4.69, 9.17) is 11.5 Å². The number of nitrogens with one attached hydrogen (secondary N) is 4. The summed E-state index contributed by atoms with van der Waals surface area (Å²) in [6, 6.07) is -4.53. The Balaban J connectivity index is 2.93. The number of hydrogen-bond donors (Lipinski definition) is 8. The van der Waals surface area contributed by atoms with Crippen molar-refractivity contribution in [3.05, 3.63) is 18.2 Å². The number of amides is 4. The van der Waals surface area contributed by atoms with E-state index in [1.807, 2.05) is 0 Å². The van der Waals surface area contributed by atoms with Gasteiger partial charge in [0.15, 0.2) is 0 Å². The Bertz CT molecular complexity index is 850. The first kappa shape index (κ1) is 28.9. The molecule has 14 heteroatoms. The smallest absolute Gasteiger partial charge is 0.326 e. The van der Waals surface area contributed by atoms with Crippen LogP contribution in [-0.2, 0) is 30.4 Å². The lowest BCUT2D eigenvalue weighted by Crippen LogP contribution is -2.58. The number of aromatic amines is 1. The van der Waals surface area contributed by atoms with Gasteiger partial charge in [0.05, 0.1) is 12.4 Å². The van der Waals surface area contributed by atoms with E-state index in [-0.39, 0.29) is 30.9 Å². The molecular formula is C20H33N7O6S. The zero-order valence-electron chi connectivity index (χ0n) is 19.1. The third kappa shape index (κ3) is 9.39. The van der Waals surface area contributed by atoms with Crippen LogP contribution in [0.25, 0.3) is 0 Å². The summed E-state index contributed by atoms with van der Waals surface area (Å²) in [6.45, 7) is 3.48. The number of thiol groups is 1. The van der Waals surface area contributed by atoms with E-state index >= 15 is 0 Å². The Morgan fingerprint density at radius 1 is 1.12 bits per heavy atom. The molecule has 1 aromatic rings. The van der Waals surface area contributed by atoms with Crippen molar-refractivity contribution in [1.82, 2.24) is 25.9 Å². The van der Waals surface area contributed by atoms with Crippen molar-refractivity contribution in [2.45, 2.75) is 63.7 Å². The molecule has 0 fully saturated rings. The number of aromatic nitrogens is 2. The van der Waals surface area contributed by atoms with Gasteiger partial charge in [-0.2, -0.15) is 12.6 Å². The predicted molar refractivity (Wildman–Crippen MR) is 125 cm³/mol. The average Bonchev–Trinajstić information content (AvgIpc) is 3.30. The zero-order valence-corrected chi connectivity index (χ0v) is 20.0. The molecule has 1 heterocycles. The lowest BCUT2D eigenvalue weighted by Gasteiger charge is -2.25. The van der Waals surface area contributed by atoms with Gasteiger partial charge in [-0.05, 0) is 12.3 Å². The predicted octanol–water partition coefficient (Wildman–Crippen LogP) is -1.94. The highest BCUT2D eigenvalue weighted by atomic mass is 32.1. The SMILES string of the molecule is CCC(C)C(NC(=O)C(CS)NC(=O)C(Cc1cnc[nH]1)NC(=O)C(N)CCC(N)=O)C(=O)O. The molecule has 4 amide bonds. The summed E-state index contributed by atoms with van der Waals surface area (Å²) >= 11 is 4.10. The standard InChI is InChI=1S/C20H33N7O6S/c1-3-10(2)16(20(32)33)27-19(31)14(8-34)26-18(30)13(6-11-7-23-9-24-11)25-17(29)12(21)4-5-15(22)28/h7,9-10,12-14,16,34H,3-6,8,21H2,1-2H3,(H2,22,28)(H,23,24)(H,25,29)(H,26,30)(H,27,31)(H,32,33). The van der Waals surface area contributed by atoms with Crippen LogP contribution in [0.1, 0.15) is 38.8 Å². The first-order valence-corrected chi connectivity index (χ1v) is 11.4. The molecule has 0 aliphatic rings. The molecule has 190 valence electrons. The number of nitrogens with zero attached hydrogens (tertiary/aromatic N) is 1. The lowest BCUT2D eigenvalue weighted by atomic mass is 9.99. The van der Waals surface area contributed by atoms with E-state index in [0.717, 1.165) is 0 Å². The third-order valence-electron chi connectivity index (χ3n) is 5.24. The molecule has 5 atom stereocenters. The zero-order chi connectivity index (χ0) is 25.8. The number of nitrogens with two attached hydrogens (primary N) is 2. The minimum Gasteiger partial charge on any atom is -0.480 e. The molecular weight excluding hydrogens is 466 g/mol. The second kappa shape index (κ2) is 14.2. The minimum absolute atomic E-state index is 0.00560. The van der Waals surface area contributed by atoms with Crippen LogP contribution in [0.2, 0.25) is 0 Å². The summed E-state index contributed by atoms with van der Waals surface area (Å²) in [5.41, 5.74) is 11.4. The van der Waals surface area contributed by atoms with E-state index in [1.165, 1.54) is 12.5 Å². The summed E-state index contributed by atoms with van der Waals surface area (Å²) in [5, 5.41) is 16.8. The van der Waals surface area contributed by atoms with Crippen molar-refractivity contribution in [2.24, 2.45) is 17.4 Å². The molecule has 0 spiro atoms. The molecule has 13 nitrogen and oxygen atoms in total. The van der Waals surface area contributed by atoms with Crippen LogP contribution in [0, 0.1) is 5.92 Å². The van der Waals surface area contributed by atoms with Crippen molar-refractivity contribution in [3.8, 4) is 0 Å². The number of hydrogen-bond acceptors (Lipinski definition) is 8. The lowest BCUT2D eigenvalue weighted by molar-refractivity contribution is -0.143.